The molecule has 2 atom stereocenters. The van der Waals surface area contributed by atoms with Gasteiger partial charge in [-0.1, -0.05) is 36.4 Å². The van der Waals surface area contributed by atoms with E-state index in [0.29, 0.717) is 5.92 Å². The highest BCUT2D eigenvalue weighted by Crippen LogP contribution is 2.44. The Morgan fingerprint density at radius 3 is 2.90 bits per heavy atom. The fourth-order valence-corrected chi connectivity index (χ4v) is 4.10. The van der Waals surface area contributed by atoms with Crippen molar-refractivity contribution in [3.8, 4) is 5.75 Å². The summed E-state index contributed by atoms with van der Waals surface area (Å²) in [6, 6.07) is 15.2. The molecule has 2 aromatic carbocycles. The molecule has 1 aliphatic heterocycles. The summed E-state index contributed by atoms with van der Waals surface area (Å²) in [6.45, 7) is 0.804. The van der Waals surface area contributed by atoms with Crippen LogP contribution in [-0.2, 0) is 12.8 Å². The summed E-state index contributed by atoms with van der Waals surface area (Å²) < 4.78 is 5.59. The van der Waals surface area contributed by atoms with Crippen LogP contribution in [0.4, 0.5) is 0 Å². The average Bonchev–Trinajstić information content (AvgIpc) is 3.01. The molecular weight excluding hydrogens is 280 g/mol. The van der Waals surface area contributed by atoms with E-state index in [0.717, 1.165) is 18.8 Å². The Hall–Kier alpha value is -1.47. The quantitative estimate of drug-likeness (QED) is 0.707. The van der Waals surface area contributed by atoms with E-state index in [9.17, 15) is 0 Å². The zero-order valence-electron chi connectivity index (χ0n) is 12.0. The van der Waals surface area contributed by atoms with Crippen LogP contribution in [0.3, 0.4) is 0 Å². The maximum Gasteiger partial charge on any atom is 0.122 e. The first-order valence-corrected chi connectivity index (χ1v) is 8.24. The van der Waals surface area contributed by atoms with Crippen molar-refractivity contribution in [1.82, 2.24) is 0 Å². The number of hydrogen-bond acceptors (Lipinski definition) is 1. The molecule has 2 aromatic rings. The molecule has 2 aliphatic rings. The Labute approximate surface area is 130 Å². The fraction of sp³-hybridized carbons (Fsp3) is 0.368. The third-order valence-electron chi connectivity index (χ3n) is 4.80. The third-order valence-corrected chi connectivity index (χ3v) is 5.36. The smallest absolute Gasteiger partial charge is 0.122 e. The molecule has 0 amide bonds. The summed E-state index contributed by atoms with van der Waals surface area (Å²) in [5.74, 6) is 1.46. The normalized spacial score (nSPS) is 21.3. The second kappa shape index (κ2) is 5.38. The van der Waals surface area contributed by atoms with E-state index in [1.54, 1.807) is 0 Å². The highest BCUT2D eigenvalue weighted by Gasteiger charge is 2.28. The Bertz CT molecular complexity index is 664. The average molecular weight is 299 g/mol. The lowest BCUT2D eigenvalue weighted by Crippen LogP contribution is -2.14. The Kier molecular flexibility index (Phi) is 3.39. The fourth-order valence-electron chi connectivity index (χ4n) is 3.71. The van der Waals surface area contributed by atoms with E-state index in [4.69, 9.17) is 16.3 Å². The van der Waals surface area contributed by atoms with Gasteiger partial charge in [0.15, 0.2) is 0 Å². The van der Waals surface area contributed by atoms with Gasteiger partial charge in [0.1, 0.15) is 5.75 Å². The highest BCUT2D eigenvalue weighted by molar-refractivity contribution is 6.21. The molecule has 21 heavy (non-hydrogen) atoms. The lowest BCUT2D eigenvalue weighted by atomic mass is 9.79. The molecule has 0 bridgehead atoms. The molecule has 2 unspecified atom stereocenters. The van der Waals surface area contributed by atoms with Crippen LogP contribution in [0.25, 0.3) is 0 Å². The van der Waals surface area contributed by atoms with Gasteiger partial charge in [0.2, 0.25) is 0 Å². The minimum absolute atomic E-state index is 0.0531. The van der Waals surface area contributed by atoms with Crippen molar-refractivity contribution in [3.63, 3.8) is 0 Å². The third kappa shape index (κ3) is 2.34. The zero-order valence-corrected chi connectivity index (χ0v) is 12.8. The molecule has 0 saturated heterocycles. The number of fused-ring (bicyclic) bond motifs is 2. The molecule has 0 N–H and O–H groups in total. The highest BCUT2D eigenvalue weighted by atomic mass is 35.5. The molecule has 1 heterocycles. The van der Waals surface area contributed by atoms with E-state index < -0.39 is 0 Å². The van der Waals surface area contributed by atoms with Gasteiger partial charge in [0, 0.05) is 12.3 Å². The van der Waals surface area contributed by atoms with Crippen LogP contribution < -0.4 is 4.74 Å². The SMILES string of the molecule is ClC(c1ccc2c(c1)CCO2)C1CCCc2ccccc21. The van der Waals surface area contributed by atoms with Crippen LogP contribution in [0, 0.1) is 0 Å². The van der Waals surface area contributed by atoms with Crippen LogP contribution >= 0.6 is 11.6 Å². The van der Waals surface area contributed by atoms with Crippen LogP contribution in [0.2, 0.25) is 0 Å². The summed E-state index contributed by atoms with van der Waals surface area (Å²) in [4.78, 5) is 0. The van der Waals surface area contributed by atoms with Gasteiger partial charge in [-0.25, -0.2) is 0 Å². The Morgan fingerprint density at radius 1 is 1.05 bits per heavy atom. The Morgan fingerprint density at radius 2 is 1.95 bits per heavy atom. The van der Waals surface area contributed by atoms with Gasteiger partial charge in [-0.05, 0) is 47.6 Å². The molecule has 1 aliphatic carbocycles. The summed E-state index contributed by atoms with van der Waals surface area (Å²) in [5.41, 5.74) is 5.47. The standard InChI is InChI=1S/C19H19ClO/c20-19(15-8-9-18-14(12-15)10-11-21-18)17-7-3-5-13-4-1-2-6-16(13)17/h1-2,4,6,8-9,12,17,19H,3,5,7,10-11H2. The van der Waals surface area contributed by atoms with Gasteiger partial charge in [0.05, 0.1) is 12.0 Å². The molecule has 1 nitrogen and oxygen atoms in total. The van der Waals surface area contributed by atoms with Gasteiger partial charge in [-0.2, -0.15) is 0 Å². The lowest BCUT2D eigenvalue weighted by molar-refractivity contribution is 0.357. The van der Waals surface area contributed by atoms with Gasteiger partial charge in [0.25, 0.3) is 0 Å². The van der Waals surface area contributed by atoms with E-state index in [1.165, 1.54) is 41.5 Å². The molecular formula is C19H19ClO. The van der Waals surface area contributed by atoms with Gasteiger partial charge < -0.3 is 4.74 Å². The van der Waals surface area contributed by atoms with E-state index in [2.05, 4.69) is 42.5 Å². The van der Waals surface area contributed by atoms with Crippen molar-refractivity contribution < 1.29 is 4.74 Å². The van der Waals surface area contributed by atoms with Gasteiger partial charge in [-0.3, -0.25) is 0 Å². The molecule has 0 spiro atoms. The minimum atomic E-state index is 0.0531. The number of benzene rings is 2. The van der Waals surface area contributed by atoms with Crippen LogP contribution in [-0.4, -0.2) is 6.61 Å². The van der Waals surface area contributed by atoms with Gasteiger partial charge >= 0.3 is 0 Å². The van der Waals surface area contributed by atoms with Crippen molar-refractivity contribution in [1.29, 1.82) is 0 Å². The van der Waals surface area contributed by atoms with E-state index in [1.807, 2.05) is 0 Å². The van der Waals surface area contributed by atoms with Crippen LogP contribution in [0.15, 0.2) is 42.5 Å². The van der Waals surface area contributed by atoms with Crippen LogP contribution in [0.5, 0.6) is 5.75 Å². The maximum atomic E-state index is 6.87. The second-order valence-electron chi connectivity index (χ2n) is 6.06. The number of aryl methyl sites for hydroxylation is 1. The summed E-state index contributed by atoms with van der Waals surface area (Å²) >= 11 is 6.87. The first-order chi connectivity index (χ1) is 10.3. The van der Waals surface area contributed by atoms with Gasteiger partial charge in [-0.15, -0.1) is 11.6 Å². The van der Waals surface area contributed by atoms with Crippen molar-refractivity contribution in [2.75, 3.05) is 6.61 Å². The molecule has 0 fully saturated rings. The lowest BCUT2D eigenvalue weighted by Gasteiger charge is -2.29. The monoisotopic (exact) mass is 298 g/mol. The molecule has 108 valence electrons. The molecule has 4 rings (SSSR count). The molecule has 0 aromatic heterocycles. The maximum absolute atomic E-state index is 6.87. The number of rotatable bonds is 2. The molecule has 0 saturated carbocycles. The number of ether oxygens (including phenoxy) is 1. The Balaban J connectivity index is 1.68. The molecule has 0 radical (unpaired) electrons. The second-order valence-corrected chi connectivity index (χ2v) is 6.54. The number of hydrogen-bond donors (Lipinski definition) is 0. The first-order valence-electron chi connectivity index (χ1n) is 7.80. The summed E-state index contributed by atoms with van der Waals surface area (Å²) in [7, 11) is 0. The van der Waals surface area contributed by atoms with Crippen molar-refractivity contribution in [2.45, 2.75) is 37.0 Å². The van der Waals surface area contributed by atoms with Crippen molar-refractivity contribution in [3.05, 3.63) is 64.7 Å². The summed E-state index contributed by atoms with van der Waals surface area (Å²) in [6.07, 6.45) is 4.61. The predicted octanol–water partition coefficient (Wildman–Crippen LogP) is 5.02. The predicted molar refractivity (Wildman–Crippen MR) is 86.4 cm³/mol. The largest absolute Gasteiger partial charge is 0.493 e. The first kappa shape index (κ1) is 13.2. The van der Waals surface area contributed by atoms with Crippen LogP contribution in [0.1, 0.15) is 46.4 Å². The molecule has 2 heteroatoms. The topological polar surface area (TPSA) is 9.23 Å². The number of alkyl halides is 1. The van der Waals surface area contributed by atoms with E-state index in [-0.39, 0.29) is 5.38 Å². The number of halogens is 1. The summed E-state index contributed by atoms with van der Waals surface area (Å²) in [5, 5.41) is 0.0531. The van der Waals surface area contributed by atoms with Crippen molar-refractivity contribution in [2.24, 2.45) is 0 Å². The minimum Gasteiger partial charge on any atom is -0.493 e. The van der Waals surface area contributed by atoms with Crippen molar-refractivity contribution >= 4 is 11.6 Å². The zero-order chi connectivity index (χ0) is 14.2. The van der Waals surface area contributed by atoms with E-state index >= 15 is 0 Å².